The lowest BCUT2D eigenvalue weighted by atomic mass is 9.85. The molecule has 1 N–H and O–H groups in total. The van der Waals surface area contributed by atoms with E-state index in [0.29, 0.717) is 4.88 Å². The number of hydrogen-bond acceptors (Lipinski definition) is 4. The van der Waals surface area contributed by atoms with E-state index in [0.717, 1.165) is 16.1 Å². The van der Waals surface area contributed by atoms with Crippen molar-refractivity contribution in [2.75, 3.05) is 11.9 Å². The lowest BCUT2D eigenvalue weighted by molar-refractivity contribution is 0.556. The summed E-state index contributed by atoms with van der Waals surface area (Å²) < 4.78 is 1.08. The zero-order chi connectivity index (χ0) is 13.9. The molecule has 0 bridgehead atoms. The number of halogens is 1. The molecule has 5 heteroatoms. The van der Waals surface area contributed by atoms with Gasteiger partial charge in [-0.15, -0.1) is 0 Å². The second-order valence-electron chi connectivity index (χ2n) is 4.89. The zero-order valence-electron chi connectivity index (χ0n) is 10.8. The maximum atomic E-state index is 8.77. The predicted octanol–water partition coefficient (Wildman–Crippen LogP) is 4.17. The molecule has 3 nitrogen and oxygen atoms in total. The van der Waals surface area contributed by atoms with Crippen molar-refractivity contribution >= 4 is 32.4 Å². The quantitative estimate of drug-likeness (QED) is 0.912. The molecule has 0 aliphatic carbocycles. The van der Waals surface area contributed by atoms with Crippen LogP contribution in [-0.2, 0) is 5.41 Å². The van der Waals surface area contributed by atoms with E-state index in [2.05, 4.69) is 58.3 Å². The topological polar surface area (TPSA) is 48.7 Å². The molecule has 98 valence electrons. The monoisotopic (exact) mass is 335 g/mol. The molecule has 0 saturated heterocycles. The molecule has 0 saturated carbocycles. The summed E-state index contributed by atoms with van der Waals surface area (Å²) >= 11 is 4.88. The Balaban J connectivity index is 2.07. The third-order valence-electron chi connectivity index (χ3n) is 2.90. The number of thiazole rings is 1. The molecule has 2 aromatic rings. The van der Waals surface area contributed by atoms with Gasteiger partial charge in [-0.05, 0) is 17.7 Å². The van der Waals surface area contributed by atoms with Crippen molar-refractivity contribution in [3.8, 4) is 6.07 Å². The number of aromatic nitrogens is 1. The van der Waals surface area contributed by atoms with Crippen LogP contribution in [0.1, 0.15) is 24.3 Å². The van der Waals surface area contributed by atoms with Crippen molar-refractivity contribution in [3.63, 3.8) is 0 Å². The van der Waals surface area contributed by atoms with Crippen LogP contribution in [0.5, 0.6) is 0 Å². The minimum absolute atomic E-state index is 0.0117. The molecule has 0 aliphatic rings. The lowest BCUT2D eigenvalue weighted by Gasteiger charge is -2.25. The van der Waals surface area contributed by atoms with E-state index in [1.807, 2.05) is 12.1 Å². The molecule has 2 rings (SSSR count). The zero-order valence-corrected chi connectivity index (χ0v) is 13.2. The number of anilines is 1. The fraction of sp³-hybridized carbons (Fsp3) is 0.286. The maximum Gasteiger partial charge on any atom is 0.183 e. The van der Waals surface area contributed by atoms with Crippen LogP contribution in [0.25, 0.3) is 0 Å². The fourth-order valence-electron chi connectivity index (χ4n) is 1.72. The minimum atomic E-state index is -0.0117. The molecule has 0 fully saturated rings. The van der Waals surface area contributed by atoms with Gasteiger partial charge in [0.25, 0.3) is 0 Å². The van der Waals surface area contributed by atoms with Crippen molar-refractivity contribution in [1.82, 2.24) is 4.98 Å². The van der Waals surface area contributed by atoms with E-state index in [9.17, 15) is 0 Å². The Morgan fingerprint density at radius 3 is 2.89 bits per heavy atom. The van der Waals surface area contributed by atoms with Gasteiger partial charge in [0.15, 0.2) is 5.13 Å². The highest BCUT2D eigenvalue weighted by molar-refractivity contribution is 9.10. The number of hydrogen-bond donors (Lipinski definition) is 1. The molecular weight excluding hydrogens is 322 g/mol. The molecule has 0 spiro atoms. The Morgan fingerprint density at radius 1 is 1.47 bits per heavy atom. The van der Waals surface area contributed by atoms with E-state index in [1.54, 1.807) is 6.20 Å². The second-order valence-corrected chi connectivity index (χ2v) is 6.84. The Hall–Kier alpha value is -1.38. The molecular formula is C14H14BrN3S. The number of nitrogens with zero attached hydrogens (tertiary/aromatic N) is 2. The standard InChI is InChI=1S/C14H14BrN3S/c1-14(2,10-4-3-5-11(15)6-10)9-18-13-17-8-12(7-16)19-13/h3-6,8H,9H2,1-2H3,(H,17,18). The molecule has 0 aliphatic heterocycles. The molecule has 0 unspecified atom stereocenters. The van der Waals surface area contributed by atoms with E-state index >= 15 is 0 Å². The number of nitriles is 1. The minimum Gasteiger partial charge on any atom is -0.361 e. The molecule has 0 radical (unpaired) electrons. The number of rotatable bonds is 4. The Morgan fingerprint density at radius 2 is 2.26 bits per heavy atom. The summed E-state index contributed by atoms with van der Waals surface area (Å²) in [4.78, 5) is 4.80. The van der Waals surface area contributed by atoms with Crippen LogP contribution >= 0.6 is 27.3 Å². The summed E-state index contributed by atoms with van der Waals surface area (Å²) in [6, 6.07) is 10.4. The number of benzene rings is 1. The van der Waals surface area contributed by atoms with Crippen LogP contribution < -0.4 is 5.32 Å². The lowest BCUT2D eigenvalue weighted by Crippen LogP contribution is -2.27. The molecule has 0 amide bonds. The van der Waals surface area contributed by atoms with Gasteiger partial charge in [0, 0.05) is 16.4 Å². The van der Waals surface area contributed by atoms with Crippen LogP contribution in [0, 0.1) is 11.3 Å². The molecule has 1 heterocycles. The first-order valence-corrected chi connectivity index (χ1v) is 7.48. The highest BCUT2D eigenvalue weighted by atomic mass is 79.9. The maximum absolute atomic E-state index is 8.77. The highest BCUT2D eigenvalue weighted by Crippen LogP contribution is 2.27. The van der Waals surface area contributed by atoms with Crippen LogP contribution in [-0.4, -0.2) is 11.5 Å². The average molecular weight is 336 g/mol. The third-order valence-corrected chi connectivity index (χ3v) is 4.26. The first kappa shape index (κ1) is 14.0. The summed E-state index contributed by atoms with van der Waals surface area (Å²) in [7, 11) is 0. The number of nitrogens with one attached hydrogen (secondary N) is 1. The first-order chi connectivity index (χ1) is 9.01. The van der Waals surface area contributed by atoms with E-state index in [4.69, 9.17) is 5.26 Å². The fourth-order valence-corrected chi connectivity index (χ4v) is 2.72. The van der Waals surface area contributed by atoms with Crippen LogP contribution in [0.2, 0.25) is 0 Å². The van der Waals surface area contributed by atoms with E-state index < -0.39 is 0 Å². The summed E-state index contributed by atoms with van der Waals surface area (Å²) in [5, 5.41) is 12.9. The summed E-state index contributed by atoms with van der Waals surface area (Å²) in [6.45, 7) is 5.13. The highest BCUT2D eigenvalue weighted by Gasteiger charge is 2.21. The van der Waals surface area contributed by atoms with Gasteiger partial charge in [-0.1, -0.05) is 53.2 Å². The predicted molar refractivity (Wildman–Crippen MR) is 82.5 cm³/mol. The van der Waals surface area contributed by atoms with Crippen molar-refractivity contribution in [3.05, 3.63) is 45.4 Å². The van der Waals surface area contributed by atoms with Gasteiger partial charge >= 0.3 is 0 Å². The smallest absolute Gasteiger partial charge is 0.183 e. The first-order valence-electron chi connectivity index (χ1n) is 5.87. The molecule has 0 atom stereocenters. The van der Waals surface area contributed by atoms with Gasteiger partial charge in [0.05, 0.1) is 6.20 Å². The van der Waals surface area contributed by atoms with Gasteiger partial charge in [-0.25, -0.2) is 4.98 Å². The molecule has 1 aromatic carbocycles. The van der Waals surface area contributed by atoms with Crippen molar-refractivity contribution in [2.24, 2.45) is 0 Å². The largest absolute Gasteiger partial charge is 0.361 e. The Kier molecular flexibility index (Phi) is 4.23. The van der Waals surface area contributed by atoms with E-state index in [1.165, 1.54) is 16.9 Å². The van der Waals surface area contributed by atoms with Crippen molar-refractivity contribution in [1.29, 1.82) is 5.26 Å². The molecule has 1 aromatic heterocycles. The summed E-state index contributed by atoms with van der Waals surface area (Å²) in [6.07, 6.45) is 1.60. The van der Waals surface area contributed by atoms with Gasteiger partial charge < -0.3 is 5.32 Å². The van der Waals surface area contributed by atoms with Gasteiger partial charge in [0.2, 0.25) is 0 Å². The summed E-state index contributed by atoms with van der Waals surface area (Å²) in [5.74, 6) is 0. The SMILES string of the molecule is CC(C)(CNc1ncc(C#N)s1)c1cccc(Br)c1. The Bertz CT molecular complexity index is 613. The van der Waals surface area contributed by atoms with Crippen molar-refractivity contribution in [2.45, 2.75) is 19.3 Å². The summed E-state index contributed by atoms with van der Waals surface area (Å²) in [5.41, 5.74) is 1.24. The van der Waals surface area contributed by atoms with Gasteiger partial charge in [-0.2, -0.15) is 5.26 Å². The average Bonchev–Trinajstić information content (AvgIpc) is 2.84. The second kappa shape index (κ2) is 5.72. The van der Waals surface area contributed by atoms with Crippen LogP contribution in [0.4, 0.5) is 5.13 Å². The normalized spacial score (nSPS) is 11.1. The van der Waals surface area contributed by atoms with Crippen LogP contribution in [0.15, 0.2) is 34.9 Å². The van der Waals surface area contributed by atoms with Gasteiger partial charge in [-0.3, -0.25) is 0 Å². The van der Waals surface area contributed by atoms with Gasteiger partial charge in [0.1, 0.15) is 10.9 Å². The van der Waals surface area contributed by atoms with Crippen LogP contribution in [0.3, 0.4) is 0 Å². The Labute approximate surface area is 125 Å². The third kappa shape index (κ3) is 3.55. The molecule has 19 heavy (non-hydrogen) atoms. The van der Waals surface area contributed by atoms with Crippen molar-refractivity contribution < 1.29 is 0 Å². The van der Waals surface area contributed by atoms with E-state index in [-0.39, 0.29) is 5.41 Å².